The third kappa shape index (κ3) is 7.98. The summed E-state index contributed by atoms with van der Waals surface area (Å²) in [5.41, 5.74) is 1.42. The average molecular weight is 523 g/mol. The van der Waals surface area contributed by atoms with Crippen LogP contribution in [0, 0.1) is 10.8 Å². The Balaban J connectivity index is 0.00000184. The first-order valence-corrected chi connectivity index (χ1v) is 12.0. The van der Waals surface area contributed by atoms with Gasteiger partial charge in [0.05, 0.1) is 21.9 Å². The number of allylic oxidation sites excluding steroid dienone is 7. The Morgan fingerprint density at radius 3 is 2.31 bits per heavy atom. The zero-order valence-electron chi connectivity index (χ0n) is 17.2. The zero-order valence-corrected chi connectivity index (χ0v) is 20.1. The van der Waals surface area contributed by atoms with Gasteiger partial charge in [-0.15, -0.1) is 11.3 Å². The summed E-state index contributed by atoms with van der Waals surface area (Å²) in [7, 11) is 0. The minimum atomic E-state index is -1.12. The summed E-state index contributed by atoms with van der Waals surface area (Å²) < 4.78 is 14.2. The van der Waals surface area contributed by atoms with Crippen LogP contribution in [-0.4, -0.2) is 21.6 Å². The van der Waals surface area contributed by atoms with E-state index >= 15 is 0 Å². The molecule has 2 rings (SSSR count). The van der Waals surface area contributed by atoms with E-state index in [0.717, 1.165) is 0 Å². The SMILES string of the molecule is C=C\C=C/C(=C\C)C(/C(=N)c1cccs1)=C(/C(=N)F)c1ccccn1.CC.CI. The lowest BCUT2D eigenvalue weighted by Crippen LogP contribution is -2.11. The maximum atomic E-state index is 14.2. The van der Waals surface area contributed by atoms with Crippen molar-refractivity contribution in [3.05, 3.63) is 94.5 Å². The summed E-state index contributed by atoms with van der Waals surface area (Å²) in [5.74, 6) is -1.12. The molecule has 2 aromatic heterocycles. The van der Waals surface area contributed by atoms with Gasteiger partial charge in [-0.25, -0.2) is 0 Å². The van der Waals surface area contributed by atoms with Crippen molar-refractivity contribution in [1.82, 2.24) is 4.98 Å². The van der Waals surface area contributed by atoms with E-state index in [1.54, 1.807) is 54.8 Å². The fourth-order valence-electron chi connectivity index (χ4n) is 2.31. The van der Waals surface area contributed by atoms with E-state index in [2.05, 4.69) is 34.2 Å². The molecule has 2 aromatic rings. The molecule has 0 aliphatic rings. The van der Waals surface area contributed by atoms with Gasteiger partial charge in [0.1, 0.15) is 0 Å². The van der Waals surface area contributed by atoms with Crippen LogP contribution in [0.5, 0.6) is 0 Å². The highest BCUT2D eigenvalue weighted by Crippen LogP contribution is 2.29. The number of hydrogen-bond donors (Lipinski definition) is 2. The van der Waals surface area contributed by atoms with Gasteiger partial charge in [0.2, 0.25) is 5.97 Å². The maximum absolute atomic E-state index is 14.2. The smallest absolute Gasteiger partial charge is 0.215 e. The number of hydrogen-bond acceptors (Lipinski definition) is 4. The molecule has 3 nitrogen and oxygen atoms in total. The lowest BCUT2D eigenvalue weighted by Gasteiger charge is -2.15. The largest absolute Gasteiger partial charge is 0.299 e. The van der Waals surface area contributed by atoms with Crippen LogP contribution in [0.1, 0.15) is 31.3 Å². The lowest BCUT2D eigenvalue weighted by atomic mass is 9.92. The van der Waals surface area contributed by atoms with Crippen LogP contribution in [0.25, 0.3) is 5.57 Å². The van der Waals surface area contributed by atoms with Crippen LogP contribution >= 0.6 is 33.9 Å². The van der Waals surface area contributed by atoms with E-state index < -0.39 is 5.97 Å². The molecule has 0 aliphatic carbocycles. The molecular weight excluding hydrogens is 496 g/mol. The number of pyridine rings is 1. The molecule has 0 fully saturated rings. The average Bonchev–Trinajstić information content (AvgIpc) is 3.31. The number of alkyl halides is 1. The van der Waals surface area contributed by atoms with Crippen LogP contribution in [0.15, 0.2) is 83.9 Å². The van der Waals surface area contributed by atoms with Gasteiger partial charge in [-0.2, -0.15) is 4.39 Å². The lowest BCUT2D eigenvalue weighted by molar-refractivity contribution is 0.806. The Morgan fingerprint density at radius 2 is 1.86 bits per heavy atom. The number of thiophene rings is 1. The maximum Gasteiger partial charge on any atom is 0.215 e. The highest BCUT2D eigenvalue weighted by atomic mass is 127. The molecule has 0 amide bonds. The molecule has 0 saturated heterocycles. The van der Waals surface area contributed by atoms with Gasteiger partial charge in [-0.3, -0.25) is 15.8 Å². The Hall–Kier alpha value is -2.19. The van der Waals surface area contributed by atoms with Crippen LogP contribution < -0.4 is 0 Å². The third-order valence-corrected chi connectivity index (χ3v) is 4.31. The Labute approximate surface area is 191 Å². The molecule has 0 atom stereocenters. The van der Waals surface area contributed by atoms with Crippen molar-refractivity contribution in [3.8, 4) is 0 Å². The second-order valence-electron chi connectivity index (χ2n) is 4.97. The molecular formula is C23H27FIN3S. The second-order valence-corrected chi connectivity index (χ2v) is 5.92. The van der Waals surface area contributed by atoms with E-state index in [-0.39, 0.29) is 11.3 Å². The molecule has 2 N–H and O–H groups in total. The Bertz CT molecular complexity index is 867. The van der Waals surface area contributed by atoms with Gasteiger partial charge in [0, 0.05) is 11.8 Å². The first-order valence-electron chi connectivity index (χ1n) is 8.96. The van der Waals surface area contributed by atoms with Crippen molar-refractivity contribution in [2.45, 2.75) is 20.8 Å². The predicted octanol–water partition coefficient (Wildman–Crippen LogP) is 7.68. The molecule has 0 saturated carbocycles. The molecule has 0 aliphatic heterocycles. The summed E-state index contributed by atoms with van der Waals surface area (Å²) in [4.78, 5) is 6.84. The predicted molar refractivity (Wildman–Crippen MR) is 136 cm³/mol. The van der Waals surface area contributed by atoms with E-state index in [1.807, 2.05) is 37.1 Å². The van der Waals surface area contributed by atoms with Crippen LogP contribution in [-0.2, 0) is 0 Å². The van der Waals surface area contributed by atoms with Crippen LogP contribution in [0.2, 0.25) is 0 Å². The highest BCUT2D eigenvalue weighted by molar-refractivity contribution is 14.1. The molecule has 0 bridgehead atoms. The quantitative estimate of drug-likeness (QED) is 0.166. The number of halogens is 2. The van der Waals surface area contributed by atoms with Crippen LogP contribution in [0.3, 0.4) is 0 Å². The number of rotatable bonds is 7. The second kappa shape index (κ2) is 15.7. The molecule has 0 radical (unpaired) electrons. The minimum absolute atomic E-state index is 0.000752. The summed E-state index contributed by atoms with van der Waals surface area (Å²) in [5, 5.41) is 18.1. The van der Waals surface area contributed by atoms with E-state index in [0.29, 0.717) is 21.7 Å². The summed E-state index contributed by atoms with van der Waals surface area (Å²) in [6.45, 7) is 9.46. The van der Waals surface area contributed by atoms with Crippen molar-refractivity contribution < 1.29 is 4.39 Å². The van der Waals surface area contributed by atoms with Crippen molar-refractivity contribution in [3.63, 3.8) is 0 Å². The summed E-state index contributed by atoms with van der Waals surface area (Å²) in [6, 6.07) is 8.72. The van der Waals surface area contributed by atoms with Gasteiger partial charge in [-0.1, -0.05) is 79.5 Å². The monoisotopic (exact) mass is 523 g/mol. The Kier molecular flexibility index (Phi) is 14.5. The van der Waals surface area contributed by atoms with Crippen molar-refractivity contribution in [2.24, 2.45) is 0 Å². The van der Waals surface area contributed by atoms with E-state index in [9.17, 15) is 4.39 Å². The van der Waals surface area contributed by atoms with Gasteiger partial charge >= 0.3 is 0 Å². The van der Waals surface area contributed by atoms with Gasteiger partial charge < -0.3 is 0 Å². The normalized spacial score (nSPS) is 11.4. The van der Waals surface area contributed by atoms with Crippen LogP contribution in [0.4, 0.5) is 4.39 Å². The van der Waals surface area contributed by atoms with Gasteiger partial charge in [-0.05, 0) is 41.0 Å². The fraction of sp³-hybridized carbons (Fsp3) is 0.174. The molecule has 154 valence electrons. The van der Waals surface area contributed by atoms with Gasteiger partial charge in [0.25, 0.3) is 0 Å². The first kappa shape index (κ1) is 26.8. The number of aromatic nitrogens is 1. The Morgan fingerprint density at radius 1 is 1.17 bits per heavy atom. The molecule has 6 heteroatoms. The molecule has 0 spiro atoms. The molecule has 0 unspecified atom stereocenters. The van der Waals surface area contributed by atoms with Crippen molar-refractivity contribution in [1.29, 1.82) is 10.8 Å². The number of nitrogens with one attached hydrogen (secondary N) is 2. The first-order chi connectivity index (χ1) is 14.1. The molecule has 29 heavy (non-hydrogen) atoms. The van der Waals surface area contributed by atoms with Crippen molar-refractivity contribution in [2.75, 3.05) is 4.93 Å². The summed E-state index contributed by atoms with van der Waals surface area (Å²) in [6.07, 6.45) is 8.39. The topological polar surface area (TPSA) is 60.6 Å². The van der Waals surface area contributed by atoms with Crippen molar-refractivity contribution >= 4 is 51.2 Å². The van der Waals surface area contributed by atoms with E-state index in [4.69, 9.17) is 10.8 Å². The number of nitrogens with zero attached hydrogens (tertiary/aromatic N) is 1. The molecule has 0 aromatic carbocycles. The highest BCUT2D eigenvalue weighted by Gasteiger charge is 2.22. The molecule has 2 heterocycles. The summed E-state index contributed by atoms with van der Waals surface area (Å²) >= 11 is 3.54. The van der Waals surface area contributed by atoms with E-state index in [1.165, 1.54) is 11.3 Å². The zero-order chi connectivity index (χ0) is 22.2. The fourth-order valence-corrected chi connectivity index (χ4v) is 2.99. The van der Waals surface area contributed by atoms with Gasteiger partial charge in [0.15, 0.2) is 0 Å². The minimum Gasteiger partial charge on any atom is -0.299 e. The standard InChI is InChI=1S/C20H18FN3S.C2H6.CH3I/c1-3-5-9-14(4-2)17(19(22)16-11-8-13-25-16)18(20(21)23)15-10-6-7-12-24-15;2*1-2/h3-13,22-23H,1H2,2H3;1-2H3;1H3/b9-5-,14-4+,18-17-,22-19?,23-20?;;. The third-order valence-electron chi connectivity index (χ3n) is 3.42.